The third kappa shape index (κ3) is 3.45. The van der Waals surface area contributed by atoms with E-state index >= 15 is 0 Å². The molecule has 2 atom stereocenters. The van der Waals surface area contributed by atoms with Crippen LogP contribution in [0.1, 0.15) is 24.1 Å². The van der Waals surface area contributed by atoms with Crippen LogP contribution >= 0.6 is 0 Å². The number of rotatable bonds is 3. The van der Waals surface area contributed by atoms with Crippen LogP contribution in [0.5, 0.6) is 0 Å². The van der Waals surface area contributed by atoms with Gasteiger partial charge in [0.2, 0.25) is 0 Å². The Morgan fingerprint density at radius 1 is 1.19 bits per heavy atom. The molecule has 1 unspecified atom stereocenters. The first kappa shape index (κ1) is 17.4. The highest BCUT2D eigenvalue weighted by atomic mass is 19.1. The number of anilines is 1. The molecule has 2 aliphatic heterocycles. The van der Waals surface area contributed by atoms with Gasteiger partial charge in [0, 0.05) is 49.7 Å². The van der Waals surface area contributed by atoms with E-state index < -0.39 is 0 Å². The van der Waals surface area contributed by atoms with Crippen molar-refractivity contribution in [3.05, 3.63) is 59.7 Å². The molecule has 4 rings (SSSR count). The fourth-order valence-electron chi connectivity index (χ4n) is 3.74. The van der Waals surface area contributed by atoms with Crippen LogP contribution < -0.4 is 15.5 Å². The second-order valence-corrected chi connectivity index (χ2v) is 7.19. The molecule has 2 fully saturated rings. The summed E-state index contributed by atoms with van der Waals surface area (Å²) >= 11 is 0. The Balaban J connectivity index is 1.44. The van der Waals surface area contributed by atoms with E-state index in [-0.39, 0.29) is 17.4 Å². The lowest BCUT2D eigenvalue weighted by Gasteiger charge is -2.40. The summed E-state index contributed by atoms with van der Waals surface area (Å²) in [4.78, 5) is 6.18. The molecule has 0 aliphatic carbocycles. The van der Waals surface area contributed by atoms with E-state index in [2.05, 4.69) is 51.7 Å². The second-order valence-electron chi connectivity index (χ2n) is 7.19. The molecule has 2 N–H and O–H groups in total. The summed E-state index contributed by atoms with van der Waals surface area (Å²) in [7, 11) is 0. The molecule has 26 heavy (non-hydrogen) atoms. The van der Waals surface area contributed by atoms with Crippen molar-refractivity contribution in [3.8, 4) is 0 Å². The summed E-state index contributed by atoms with van der Waals surface area (Å²) in [5, 5.41) is 7.09. The van der Waals surface area contributed by atoms with E-state index in [4.69, 9.17) is 4.74 Å². The van der Waals surface area contributed by atoms with E-state index in [1.54, 1.807) is 12.3 Å². The zero-order valence-corrected chi connectivity index (χ0v) is 15.0. The Morgan fingerprint density at radius 3 is 2.62 bits per heavy atom. The molecule has 3 heterocycles. The SMILES string of the molecule is C[C@]1(c2ccc(N3CCOCC3)cc2)CNC(c2ccncc2F)CN1. The van der Waals surface area contributed by atoms with Gasteiger partial charge in [0.1, 0.15) is 5.82 Å². The van der Waals surface area contributed by atoms with Gasteiger partial charge in [-0.1, -0.05) is 12.1 Å². The fourth-order valence-corrected chi connectivity index (χ4v) is 3.74. The lowest BCUT2D eigenvalue weighted by atomic mass is 9.88. The molecule has 2 aliphatic rings. The number of nitrogens with one attached hydrogen (secondary N) is 2. The average molecular weight is 356 g/mol. The molecular formula is C20H25FN4O. The van der Waals surface area contributed by atoms with Gasteiger partial charge in [0.15, 0.2) is 0 Å². The highest BCUT2D eigenvalue weighted by Gasteiger charge is 2.33. The van der Waals surface area contributed by atoms with Gasteiger partial charge in [0.25, 0.3) is 0 Å². The zero-order valence-electron chi connectivity index (χ0n) is 15.0. The number of pyridine rings is 1. The Kier molecular flexibility index (Phi) is 4.89. The number of morpholine rings is 1. The molecule has 0 radical (unpaired) electrons. The number of halogens is 1. The minimum atomic E-state index is -0.259. The van der Waals surface area contributed by atoms with E-state index in [1.165, 1.54) is 17.4 Å². The normalized spacial score (nSPS) is 26.7. The number of ether oxygens (including phenoxy) is 1. The average Bonchev–Trinajstić information content (AvgIpc) is 2.70. The van der Waals surface area contributed by atoms with E-state index in [0.29, 0.717) is 12.1 Å². The molecule has 0 spiro atoms. The predicted octanol–water partition coefficient (Wildman–Crippen LogP) is 2.21. The van der Waals surface area contributed by atoms with Gasteiger partial charge >= 0.3 is 0 Å². The van der Waals surface area contributed by atoms with Crippen LogP contribution in [0.4, 0.5) is 10.1 Å². The van der Waals surface area contributed by atoms with Crippen molar-refractivity contribution in [1.82, 2.24) is 15.6 Å². The molecule has 0 bridgehead atoms. The minimum Gasteiger partial charge on any atom is -0.378 e. The molecule has 0 amide bonds. The number of hydrogen-bond donors (Lipinski definition) is 2. The van der Waals surface area contributed by atoms with Crippen LogP contribution in [0.25, 0.3) is 0 Å². The van der Waals surface area contributed by atoms with Gasteiger partial charge in [-0.05, 0) is 30.7 Å². The Bertz CT molecular complexity index is 738. The third-order valence-corrected chi connectivity index (χ3v) is 5.46. The van der Waals surface area contributed by atoms with Crippen LogP contribution in [-0.2, 0) is 10.3 Å². The summed E-state index contributed by atoms with van der Waals surface area (Å²) < 4.78 is 19.4. The molecule has 2 saturated heterocycles. The van der Waals surface area contributed by atoms with Crippen molar-refractivity contribution < 1.29 is 9.13 Å². The van der Waals surface area contributed by atoms with E-state index in [9.17, 15) is 4.39 Å². The largest absolute Gasteiger partial charge is 0.378 e. The number of nitrogens with zero attached hydrogens (tertiary/aromatic N) is 2. The second kappa shape index (κ2) is 7.31. The molecule has 6 heteroatoms. The fraction of sp³-hybridized carbons (Fsp3) is 0.450. The summed E-state index contributed by atoms with van der Waals surface area (Å²) in [5.41, 5.74) is 2.96. The van der Waals surface area contributed by atoms with Gasteiger partial charge in [-0.25, -0.2) is 4.39 Å². The predicted molar refractivity (Wildman–Crippen MR) is 99.8 cm³/mol. The van der Waals surface area contributed by atoms with Crippen molar-refractivity contribution in [1.29, 1.82) is 0 Å². The topological polar surface area (TPSA) is 49.4 Å². The first-order chi connectivity index (χ1) is 12.7. The molecule has 138 valence electrons. The van der Waals surface area contributed by atoms with E-state index in [0.717, 1.165) is 32.8 Å². The van der Waals surface area contributed by atoms with Gasteiger partial charge in [-0.2, -0.15) is 0 Å². The van der Waals surface area contributed by atoms with Crippen LogP contribution in [0, 0.1) is 5.82 Å². The minimum absolute atomic E-state index is 0.0429. The third-order valence-electron chi connectivity index (χ3n) is 5.46. The van der Waals surface area contributed by atoms with Crippen molar-refractivity contribution >= 4 is 5.69 Å². The number of benzene rings is 1. The lowest BCUT2D eigenvalue weighted by Crippen LogP contribution is -2.56. The summed E-state index contributed by atoms with van der Waals surface area (Å²) in [6, 6.07) is 10.4. The van der Waals surface area contributed by atoms with Crippen LogP contribution in [0.3, 0.4) is 0 Å². The first-order valence-electron chi connectivity index (χ1n) is 9.17. The van der Waals surface area contributed by atoms with Crippen molar-refractivity contribution in [2.75, 3.05) is 44.3 Å². The maximum absolute atomic E-state index is 14.0. The lowest BCUT2D eigenvalue weighted by molar-refractivity contribution is 0.122. The molecule has 2 aromatic rings. The quantitative estimate of drug-likeness (QED) is 0.883. The molecule has 5 nitrogen and oxygen atoms in total. The van der Waals surface area contributed by atoms with Crippen LogP contribution in [0.2, 0.25) is 0 Å². The van der Waals surface area contributed by atoms with Gasteiger partial charge in [-0.15, -0.1) is 0 Å². The number of hydrogen-bond acceptors (Lipinski definition) is 5. The summed E-state index contributed by atoms with van der Waals surface area (Å²) in [6.07, 6.45) is 2.91. The first-order valence-corrected chi connectivity index (χ1v) is 9.17. The highest BCUT2D eigenvalue weighted by molar-refractivity contribution is 5.49. The number of aromatic nitrogens is 1. The van der Waals surface area contributed by atoms with Crippen molar-refractivity contribution in [2.24, 2.45) is 0 Å². The van der Waals surface area contributed by atoms with Crippen LogP contribution in [-0.4, -0.2) is 44.4 Å². The highest BCUT2D eigenvalue weighted by Crippen LogP contribution is 2.28. The van der Waals surface area contributed by atoms with Crippen LogP contribution in [0.15, 0.2) is 42.7 Å². The summed E-state index contributed by atoms with van der Waals surface area (Å²) in [5.74, 6) is -0.259. The van der Waals surface area contributed by atoms with Gasteiger partial charge < -0.3 is 20.3 Å². The maximum atomic E-state index is 14.0. The standard InChI is InChI=1S/C20H25FN4O/c1-20(14-23-19(13-24-20)17-6-7-22-12-18(17)21)15-2-4-16(5-3-15)25-8-10-26-11-9-25/h2-7,12,19,23-24H,8-11,13-14H2,1H3/t19?,20-/m1/s1. The van der Waals surface area contributed by atoms with E-state index in [1.807, 2.05) is 0 Å². The zero-order chi connectivity index (χ0) is 18.0. The smallest absolute Gasteiger partial charge is 0.146 e. The summed E-state index contributed by atoms with van der Waals surface area (Å²) in [6.45, 7) is 7.04. The molecular weight excluding hydrogens is 331 g/mol. The van der Waals surface area contributed by atoms with Crippen molar-refractivity contribution in [3.63, 3.8) is 0 Å². The monoisotopic (exact) mass is 356 g/mol. The van der Waals surface area contributed by atoms with Crippen molar-refractivity contribution in [2.45, 2.75) is 18.5 Å². The number of piperazine rings is 1. The molecule has 1 aromatic heterocycles. The maximum Gasteiger partial charge on any atom is 0.146 e. The molecule has 1 aromatic carbocycles. The molecule has 0 saturated carbocycles. The van der Waals surface area contributed by atoms with Gasteiger partial charge in [0.05, 0.1) is 24.9 Å². The Hall–Kier alpha value is -2.02. The Labute approximate surface area is 153 Å². The van der Waals surface area contributed by atoms with Gasteiger partial charge in [-0.3, -0.25) is 4.98 Å². The Morgan fingerprint density at radius 2 is 1.96 bits per heavy atom.